The van der Waals surface area contributed by atoms with E-state index in [0.29, 0.717) is 43.4 Å². The van der Waals surface area contributed by atoms with Crippen molar-refractivity contribution in [1.29, 1.82) is 0 Å². The number of methoxy groups -OCH3 is 1. The molecule has 1 aromatic carbocycles. The second-order valence-electron chi connectivity index (χ2n) is 5.95. The Morgan fingerprint density at radius 2 is 1.96 bits per heavy atom. The van der Waals surface area contributed by atoms with Crippen LogP contribution in [0.1, 0.15) is 37.0 Å². The van der Waals surface area contributed by atoms with E-state index in [1.54, 1.807) is 25.3 Å². The lowest BCUT2D eigenvalue weighted by Gasteiger charge is -2.29. The van der Waals surface area contributed by atoms with Crippen molar-refractivity contribution in [3.05, 3.63) is 23.8 Å². The standard InChI is InChI=1S/C18H28N2O4.ClH/c1-4-23-15-8-7-14(11-16(15)24-5-2)17(21)19-12-18(13-22-3)9-6-10-20-18;/h7-8,11,20H,4-6,9-10,12-13H2,1-3H3,(H,19,21);1H. The summed E-state index contributed by atoms with van der Waals surface area (Å²) < 4.78 is 16.4. The summed E-state index contributed by atoms with van der Waals surface area (Å²) >= 11 is 0. The number of carbonyl (C=O) groups excluding carboxylic acids is 1. The second-order valence-corrected chi connectivity index (χ2v) is 5.95. The molecular formula is C18H29ClN2O4. The number of halogens is 1. The molecule has 1 aliphatic heterocycles. The Balaban J connectivity index is 0.00000312. The van der Waals surface area contributed by atoms with E-state index in [4.69, 9.17) is 14.2 Å². The van der Waals surface area contributed by atoms with Crippen molar-refractivity contribution in [3.63, 3.8) is 0 Å². The highest BCUT2D eigenvalue weighted by atomic mass is 35.5. The summed E-state index contributed by atoms with van der Waals surface area (Å²) in [7, 11) is 1.68. The van der Waals surface area contributed by atoms with Crippen LogP contribution in [0.2, 0.25) is 0 Å². The molecule has 1 amide bonds. The lowest BCUT2D eigenvalue weighted by molar-refractivity contribution is 0.0891. The van der Waals surface area contributed by atoms with Crippen LogP contribution in [0, 0.1) is 0 Å². The van der Waals surface area contributed by atoms with Crippen molar-refractivity contribution >= 4 is 18.3 Å². The van der Waals surface area contributed by atoms with Crippen LogP contribution < -0.4 is 20.1 Å². The van der Waals surface area contributed by atoms with E-state index in [0.717, 1.165) is 19.4 Å². The van der Waals surface area contributed by atoms with Crippen molar-refractivity contribution in [3.8, 4) is 11.5 Å². The molecule has 1 unspecified atom stereocenters. The fraction of sp³-hybridized carbons (Fsp3) is 0.611. The van der Waals surface area contributed by atoms with E-state index >= 15 is 0 Å². The number of hydrogen-bond acceptors (Lipinski definition) is 5. The number of benzene rings is 1. The molecule has 0 spiro atoms. The SMILES string of the molecule is CCOc1ccc(C(=O)NCC2(COC)CCCN2)cc1OCC.Cl. The van der Waals surface area contributed by atoms with Gasteiger partial charge in [0.1, 0.15) is 0 Å². The van der Waals surface area contributed by atoms with Crippen LogP contribution in [-0.2, 0) is 4.74 Å². The molecule has 1 heterocycles. The quantitative estimate of drug-likeness (QED) is 0.696. The van der Waals surface area contributed by atoms with Gasteiger partial charge < -0.3 is 24.8 Å². The molecule has 2 rings (SSSR count). The molecule has 0 saturated carbocycles. The monoisotopic (exact) mass is 372 g/mol. The normalized spacial score (nSPS) is 19.2. The van der Waals surface area contributed by atoms with Gasteiger partial charge >= 0.3 is 0 Å². The molecule has 2 N–H and O–H groups in total. The van der Waals surface area contributed by atoms with Crippen molar-refractivity contribution in [2.45, 2.75) is 32.2 Å². The zero-order chi connectivity index (χ0) is 17.4. The van der Waals surface area contributed by atoms with Gasteiger partial charge in [0, 0.05) is 19.2 Å². The highest BCUT2D eigenvalue weighted by molar-refractivity contribution is 5.95. The summed E-state index contributed by atoms with van der Waals surface area (Å²) in [6.45, 7) is 6.97. The summed E-state index contributed by atoms with van der Waals surface area (Å²) in [6.07, 6.45) is 2.09. The number of hydrogen-bond donors (Lipinski definition) is 2. The Kier molecular flexibility index (Phi) is 9.03. The summed E-state index contributed by atoms with van der Waals surface area (Å²) in [5.74, 6) is 1.13. The van der Waals surface area contributed by atoms with E-state index < -0.39 is 0 Å². The Morgan fingerprint density at radius 3 is 2.56 bits per heavy atom. The van der Waals surface area contributed by atoms with E-state index in [-0.39, 0.29) is 23.9 Å². The van der Waals surface area contributed by atoms with Gasteiger partial charge in [-0.1, -0.05) is 0 Å². The number of nitrogens with one attached hydrogen (secondary N) is 2. The van der Waals surface area contributed by atoms with Gasteiger partial charge in [0.2, 0.25) is 0 Å². The summed E-state index contributed by atoms with van der Waals surface area (Å²) in [6, 6.07) is 5.27. The van der Waals surface area contributed by atoms with Crippen LogP contribution >= 0.6 is 12.4 Å². The fourth-order valence-electron chi connectivity index (χ4n) is 3.01. The minimum Gasteiger partial charge on any atom is -0.490 e. The lowest BCUT2D eigenvalue weighted by Crippen LogP contribution is -2.53. The molecule has 25 heavy (non-hydrogen) atoms. The van der Waals surface area contributed by atoms with E-state index in [1.165, 1.54) is 0 Å². The third kappa shape index (κ3) is 5.76. The predicted octanol–water partition coefficient (Wildman–Crippen LogP) is 2.40. The van der Waals surface area contributed by atoms with Crippen LogP contribution in [0.4, 0.5) is 0 Å². The lowest BCUT2D eigenvalue weighted by atomic mass is 9.98. The van der Waals surface area contributed by atoms with Crippen molar-refractivity contribution in [2.24, 2.45) is 0 Å². The molecule has 1 aromatic rings. The maximum Gasteiger partial charge on any atom is 0.251 e. The molecule has 1 aliphatic rings. The second kappa shape index (κ2) is 10.5. The highest BCUT2D eigenvalue weighted by Crippen LogP contribution is 2.28. The topological polar surface area (TPSA) is 68.8 Å². The molecule has 1 saturated heterocycles. The third-order valence-electron chi connectivity index (χ3n) is 4.15. The molecule has 0 aliphatic carbocycles. The van der Waals surface area contributed by atoms with Gasteiger partial charge in [0.15, 0.2) is 11.5 Å². The molecule has 1 atom stereocenters. The van der Waals surface area contributed by atoms with Gasteiger partial charge in [-0.2, -0.15) is 0 Å². The van der Waals surface area contributed by atoms with E-state index in [2.05, 4.69) is 10.6 Å². The minimum absolute atomic E-state index is 0. The third-order valence-corrected chi connectivity index (χ3v) is 4.15. The number of ether oxygens (including phenoxy) is 3. The van der Waals surface area contributed by atoms with Crippen LogP contribution in [0.15, 0.2) is 18.2 Å². The molecule has 6 nitrogen and oxygen atoms in total. The fourth-order valence-corrected chi connectivity index (χ4v) is 3.01. The maximum absolute atomic E-state index is 12.5. The summed E-state index contributed by atoms with van der Waals surface area (Å²) in [4.78, 5) is 12.5. The maximum atomic E-state index is 12.5. The summed E-state index contributed by atoms with van der Waals surface area (Å²) in [5, 5.41) is 6.46. The highest BCUT2D eigenvalue weighted by Gasteiger charge is 2.33. The van der Waals surface area contributed by atoms with E-state index in [1.807, 2.05) is 13.8 Å². The Morgan fingerprint density at radius 1 is 1.24 bits per heavy atom. The van der Waals surface area contributed by atoms with Crippen LogP contribution in [0.25, 0.3) is 0 Å². The van der Waals surface area contributed by atoms with Crippen LogP contribution in [-0.4, -0.2) is 51.5 Å². The smallest absolute Gasteiger partial charge is 0.251 e. The largest absolute Gasteiger partial charge is 0.490 e. The first-order chi connectivity index (χ1) is 11.6. The molecule has 0 bridgehead atoms. The zero-order valence-corrected chi connectivity index (χ0v) is 16.0. The molecule has 1 fully saturated rings. The molecule has 7 heteroatoms. The number of carbonyl (C=O) groups is 1. The Labute approximate surface area is 156 Å². The molecule has 0 radical (unpaired) electrons. The van der Waals surface area contributed by atoms with Gasteiger partial charge in [-0.05, 0) is 51.4 Å². The Bertz CT molecular complexity index is 548. The van der Waals surface area contributed by atoms with Crippen molar-refractivity contribution in [1.82, 2.24) is 10.6 Å². The summed E-state index contributed by atoms with van der Waals surface area (Å²) in [5.41, 5.74) is 0.394. The van der Waals surface area contributed by atoms with Gasteiger partial charge in [-0.25, -0.2) is 0 Å². The van der Waals surface area contributed by atoms with E-state index in [9.17, 15) is 4.79 Å². The number of rotatable bonds is 9. The average molecular weight is 373 g/mol. The number of amides is 1. The molecule has 0 aromatic heterocycles. The van der Waals surface area contributed by atoms with Gasteiger partial charge in [0.05, 0.1) is 25.4 Å². The Hall–Kier alpha value is -1.50. The minimum atomic E-state index is -0.168. The first kappa shape index (κ1) is 21.5. The zero-order valence-electron chi connectivity index (χ0n) is 15.2. The molecule has 142 valence electrons. The van der Waals surface area contributed by atoms with Crippen LogP contribution in [0.5, 0.6) is 11.5 Å². The average Bonchev–Trinajstić information content (AvgIpc) is 3.04. The van der Waals surface area contributed by atoms with Gasteiger partial charge in [0.25, 0.3) is 5.91 Å². The van der Waals surface area contributed by atoms with Gasteiger partial charge in [-0.3, -0.25) is 4.79 Å². The van der Waals surface area contributed by atoms with Gasteiger partial charge in [-0.15, -0.1) is 12.4 Å². The van der Waals surface area contributed by atoms with Crippen molar-refractivity contribution in [2.75, 3.05) is 40.0 Å². The first-order valence-corrected chi connectivity index (χ1v) is 8.56. The predicted molar refractivity (Wildman–Crippen MR) is 100 cm³/mol. The first-order valence-electron chi connectivity index (χ1n) is 8.56. The van der Waals surface area contributed by atoms with Crippen LogP contribution in [0.3, 0.4) is 0 Å². The van der Waals surface area contributed by atoms with Crippen molar-refractivity contribution < 1.29 is 19.0 Å². The molecular weight excluding hydrogens is 344 g/mol.